The van der Waals surface area contributed by atoms with E-state index in [1.54, 1.807) is 6.08 Å². The van der Waals surface area contributed by atoms with Gasteiger partial charge in [-0.25, -0.2) is 9.78 Å². The van der Waals surface area contributed by atoms with Crippen molar-refractivity contribution in [2.75, 3.05) is 26.7 Å². The number of imidazole rings is 1. The molecule has 0 saturated carbocycles. The lowest BCUT2D eigenvalue weighted by molar-refractivity contribution is -0.134. The van der Waals surface area contributed by atoms with E-state index in [1.807, 2.05) is 12.1 Å². The summed E-state index contributed by atoms with van der Waals surface area (Å²) in [4.78, 5) is 18.7. The largest absolute Gasteiger partial charge is 0.466 e. The second kappa shape index (κ2) is 9.18. The van der Waals surface area contributed by atoms with Crippen molar-refractivity contribution in [3.05, 3.63) is 35.7 Å². The molecular formula is C22H33N3O2. The number of ether oxygens (including phenoxy) is 1. The molecule has 5 nitrogen and oxygen atoms in total. The summed E-state index contributed by atoms with van der Waals surface area (Å²) in [6.45, 7) is 15.2. The average Bonchev–Trinajstić information content (AvgIpc) is 2.95. The molecule has 2 rings (SSSR count). The summed E-state index contributed by atoms with van der Waals surface area (Å²) in [6, 6.07) is 6.17. The molecule has 0 fully saturated rings. The Morgan fingerprint density at radius 3 is 2.56 bits per heavy atom. The van der Waals surface area contributed by atoms with Crippen molar-refractivity contribution >= 4 is 23.1 Å². The maximum atomic E-state index is 11.3. The first kappa shape index (κ1) is 21.2. The van der Waals surface area contributed by atoms with Gasteiger partial charge in [0, 0.05) is 25.6 Å². The zero-order valence-corrected chi connectivity index (χ0v) is 17.6. The molecule has 0 saturated heterocycles. The van der Waals surface area contributed by atoms with Gasteiger partial charge in [-0.15, -0.1) is 0 Å². The number of rotatable bonds is 8. The van der Waals surface area contributed by atoms with Crippen LogP contribution in [0.25, 0.3) is 17.1 Å². The molecule has 1 heterocycles. The highest BCUT2D eigenvalue weighted by atomic mass is 16.5. The van der Waals surface area contributed by atoms with Crippen LogP contribution in [-0.4, -0.2) is 47.2 Å². The molecule has 5 heteroatoms. The molecule has 1 aromatic heterocycles. The fourth-order valence-corrected chi connectivity index (χ4v) is 3.17. The Morgan fingerprint density at radius 2 is 1.96 bits per heavy atom. The molecule has 0 N–H and O–H groups in total. The monoisotopic (exact) mass is 371 g/mol. The summed E-state index contributed by atoms with van der Waals surface area (Å²) in [7, 11) is 1.38. The van der Waals surface area contributed by atoms with E-state index in [1.165, 1.54) is 13.2 Å². The predicted molar refractivity (Wildman–Crippen MR) is 112 cm³/mol. The zero-order valence-electron chi connectivity index (χ0n) is 17.6. The second-order valence-electron chi connectivity index (χ2n) is 8.05. The number of benzene rings is 1. The third-order valence-electron chi connectivity index (χ3n) is 4.69. The van der Waals surface area contributed by atoms with Crippen LogP contribution in [0.2, 0.25) is 0 Å². The summed E-state index contributed by atoms with van der Waals surface area (Å²) >= 11 is 0. The van der Waals surface area contributed by atoms with E-state index < -0.39 is 0 Å². The smallest absolute Gasteiger partial charge is 0.330 e. The van der Waals surface area contributed by atoms with Gasteiger partial charge in [-0.1, -0.05) is 40.7 Å². The number of aromatic nitrogens is 2. The fourth-order valence-electron chi connectivity index (χ4n) is 3.17. The van der Waals surface area contributed by atoms with Gasteiger partial charge in [0.2, 0.25) is 0 Å². The van der Waals surface area contributed by atoms with Crippen LogP contribution in [0.3, 0.4) is 0 Å². The topological polar surface area (TPSA) is 47.4 Å². The number of esters is 1. The van der Waals surface area contributed by atoms with E-state index in [0.717, 1.165) is 55.0 Å². The van der Waals surface area contributed by atoms with Crippen molar-refractivity contribution in [2.45, 2.75) is 47.6 Å². The minimum atomic E-state index is -0.353. The van der Waals surface area contributed by atoms with Crippen LogP contribution in [0.15, 0.2) is 24.3 Å². The Kier molecular flexibility index (Phi) is 7.19. The first-order valence-electron chi connectivity index (χ1n) is 9.75. The van der Waals surface area contributed by atoms with Crippen molar-refractivity contribution in [1.82, 2.24) is 14.5 Å². The number of nitrogens with zero attached hydrogens (tertiary/aromatic N) is 3. The summed E-state index contributed by atoms with van der Waals surface area (Å²) < 4.78 is 7.02. The Balaban J connectivity index is 2.38. The third-order valence-corrected chi connectivity index (χ3v) is 4.69. The Morgan fingerprint density at radius 1 is 1.26 bits per heavy atom. The predicted octanol–water partition coefficient (Wildman–Crippen LogP) is 4.15. The van der Waals surface area contributed by atoms with Crippen molar-refractivity contribution in [3.8, 4) is 0 Å². The maximum absolute atomic E-state index is 11.3. The minimum Gasteiger partial charge on any atom is -0.466 e. The molecule has 0 aliphatic heterocycles. The van der Waals surface area contributed by atoms with E-state index in [4.69, 9.17) is 4.98 Å². The van der Waals surface area contributed by atoms with Gasteiger partial charge < -0.3 is 14.2 Å². The number of likely N-dealkylation sites (N-methyl/N-ethyl adjacent to an activating group) is 1. The Labute approximate surface area is 163 Å². The lowest BCUT2D eigenvalue weighted by Crippen LogP contribution is -2.28. The molecule has 0 bridgehead atoms. The summed E-state index contributed by atoms with van der Waals surface area (Å²) in [5, 5.41) is 0. The van der Waals surface area contributed by atoms with Gasteiger partial charge in [-0.2, -0.15) is 0 Å². The lowest BCUT2D eigenvalue weighted by atomic mass is 9.92. The molecule has 0 amide bonds. The summed E-state index contributed by atoms with van der Waals surface area (Å²) in [5.74, 6) is 0.770. The van der Waals surface area contributed by atoms with E-state index in [2.05, 4.69) is 54.9 Å². The van der Waals surface area contributed by atoms with Crippen molar-refractivity contribution < 1.29 is 9.53 Å². The average molecular weight is 372 g/mol. The van der Waals surface area contributed by atoms with E-state index in [0.29, 0.717) is 0 Å². The van der Waals surface area contributed by atoms with Gasteiger partial charge >= 0.3 is 5.97 Å². The van der Waals surface area contributed by atoms with Crippen LogP contribution >= 0.6 is 0 Å². The van der Waals surface area contributed by atoms with Crippen LogP contribution in [0.1, 0.15) is 46.0 Å². The van der Waals surface area contributed by atoms with Crippen LogP contribution in [-0.2, 0) is 22.5 Å². The first-order valence-corrected chi connectivity index (χ1v) is 9.75. The standard InChI is InChI=1S/C22H33N3O2/c1-7-24(8-2)13-14-25-19-11-9-17(10-12-21(26)27-6)15-18(19)23-20(25)16-22(3,4)5/h9-12,15H,7-8,13-14,16H2,1-6H3/b12-10+. The molecular weight excluding hydrogens is 338 g/mol. The van der Waals surface area contributed by atoms with Crippen LogP contribution < -0.4 is 0 Å². The van der Waals surface area contributed by atoms with Gasteiger partial charge in [0.1, 0.15) is 5.82 Å². The quantitative estimate of drug-likeness (QED) is 0.516. The van der Waals surface area contributed by atoms with Gasteiger partial charge in [0.05, 0.1) is 18.1 Å². The number of fused-ring (bicyclic) bond motifs is 1. The van der Waals surface area contributed by atoms with Gasteiger partial charge in [-0.3, -0.25) is 0 Å². The van der Waals surface area contributed by atoms with E-state index in [-0.39, 0.29) is 11.4 Å². The number of carbonyl (C=O) groups is 1. The molecule has 0 aliphatic carbocycles. The second-order valence-corrected chi connectivity index (χ2v) is 8.05. The van der Waals surface area contributed by atoms with E-state index in [9.17, 15) is 4.79 Å². The molecule has 0 aliphatic rings. The van der Waals surface area contributed by atoms with Crippen molar-refractivity contribution in [2.24, 2.45) is 5.41 Å². The normalized spacial score (nSPS) is 12.4. The summed E-state index contributed by atoms with van der Waals surface area (Å²) in [5.41, 5.74) is 3.24. The Hall–Kier alpha value is -2.14. The highest BCUT2D eigenvalue weighted by Crippen LogP contribution is 2.25. The molecule has 2 aromatic rings. The number of hydrogen-bond acceptors (Lipinski definition) is 4. The highest BCUT2D eigenvalue weighted by molar-refractivity contribution is 5.88. The molecule has 0 radical (unpaired) electrons. The first-order chi connectivity index (χ1) is 12.8. The van der Waals surface area contributed by atoms with Crippen LogP contribution in [0.4, 0.5) is 0 Å². The zero-order chi connectivity index (χ0) is 20.0. The SMILES string of the molecule is CCN(CC)CCn1c(CC(C)(C)C)nc2cc(/C=C/C(=O)OC)ccc21. The van der Waals surface area contributed by atoms with Gasteiger partial charge in [0.25, 0.3) is 0 Å². The van der Waals surface area contributed by atoms with Gasteiger partial charge in [0.15, 0.2) is 0 Å². The summed E-state index contributed by atoms with van der Waals surface area (Å²) in [6.07, 6.45) is 4.13. The maximum Gasteiger partial charge on any atom is 0.330 e. The minimum absolute atomic E-state index is 0.169. The molecule has 148 valence electrons. The highest BCUT2D eigenvalue weighted by Gasteiger charge is 2.18. The number of methoxy groups -OCH3 is 1. The molecule has 0 atom stereocenters. The molecule has 0 unspecified atom stereocenters. The Bertz CT molecular complexity index is 796. The van der Waals surface area contributed by atoms with E-state index >= 15 is 0 Å². The third kappa shape index (κ3) is 5.93. The molecule has 1 aromatic carbocycles. The molecule has 27 heavy (non-hydrogen) atoms. The van der Waals surface area contributed by atoms with Crippen molar-refractivity contribution in [3.63, 3.8) is 0 Å². The lowest BCUT2D eigenvalue weighted by Gasteiger charge is -2.22. The van der Waals surface area contributed by atoms with Crippen LogP contribution in [0, 0.1) is 5.41 Å². The van der Waals surface area contributed by atoms with Crippen LogP contribution in [0.5, 0.6) is 0 Å². The van der Waals surface area contributed by atoms with Gasteiger partial charge in [-0.05, 0) is 42.3 Å². The fraction of sp³-hybridized carbons (Fsp3) is 0.545. The van der Waals surface area contributed by atoms with Crippen molar-refractivity contribution in [1.29, 1.82) is 0 Å². The number of hydrogen-bond donors (Lipinski definition) is 0. The number of carbonyl (C=O) groups excluding carboxylic acids is 1. The molecule has 0 spiro atoms.